The minimum atomic E-state index is -0.973. The van der Waals surface area contributed by atoms with Gasteiger partial charge in [-0.2, -0.15) is 0 Å². The Morgan fingerprint density at radius 3 is 2.29 bits per heavy atom. The van der Waals surface area contributed by atoms with Crippen molar-refractivity contribution in [2.45, 2.75) is 38.9 Å². The number of carboxylic acid groups (broad SMARTS) is 1. The Morgan fingerprint density at radius 2 is 1.68 bits per heavy atom. The number of aliphatic carboxylic acids is 1. The van der Waals surface area contributed by atoms with Crippen LogP contribution in [0.4, 0.5) is 0 Å². The minimum absolute atomic E-state index is 0.156. The van der Waals surface area contributed by atoms with Crippen LogP contribution < -0.4 is 9.47 Å². The van der Waals surface area contributed by atoms with Crippen molar-refractivity contribution >= 4 is 29.2 Å². The molecule has 0 spiro atoms. The summed E-state index contributed by atoms with van der Waals surface area (Å²) in [4.78, 5) is 11.3. The molecule has 0 fully saturated rings. The Morgan fingerprint density at radius 1 is 1.00 bits per heavy atom. The third-order valence-corrected chi connectivity index (χ3v) is 4.49. The van der Waals surface area contributed by atoms with Gasteiger partial charge < -0.3 is 19.3 Å². The van der Waals surface area contributed by atoms with Gasteiger partial charge in [-0.15, -0.1) is 0 Å². The van der Waals surface area contributed by atoms with Gasteiger partial charge in [0.15, 0.2) is 6.10 Å². The molecule has 0 aliphatic carbocycles. The zero-order valence-corrected chi connectivity index (χ0v) is 17.4. The van der Waals surface area contributed by atoms with E-state index in [-0.39, 0.29) is 12.5 Å². The molecule has 2 rings (SSSR count). The van der Waals surface area contributed by atoms with Crippen LogP contribution in [0.1, 0.15) is 25.8 Å². The van der Waals surface area contributed by atoms with Crippen LogP contribution in [0.5, 0.6) is 11.5 Å². The van der Waals surface area contributed by atoms with E-state index in [1.807, 2.05) is 38.1 Å². The van der Waals surface area contributed by atoms with Crippen molar-refractivity contribution in [3.05, 3.63) is 58.1 Å². The lowest BCUT2D eigenvalue weighted by atomic mass is 10.1. The van der Waals surface area contributed by atoms with Crippen LogP contribution in [-0.2, 0) is 16.0 Å². The zero-order valence-electron chi connectivity index (χ0n) is 15.9. The highest BCUT2D eigenvalue weighted by atomic mass is 35.5. The lowest BCUT2D eigenvalue weighted by molar-refractivity contribution is -0.153. The van der Waals surface area contributed by atoms with Gasteiger partial charge in [-0.25, -0.2) is 4.79 Å². The van der Waals surface area contributed by atoms with E-state index in [4.69, 9.17) is 37.4 Å². The maximum atomic E-state index is 11.3. The first kappa shape index (κ1) is 22.3. The molecule has 7 heteroatoms. The molecule has 0 amide bonds. The van der Waals surface area contributed by atoms with Crippen LogP contribution in [0.25, 0.3) is 0 Å². The summed E-state index contributed by atoms with van der Waals surface area (Å²) in [6.45, 7) is 4.57. The van der Waals surface area contributed by atoms with Crippen molar-refractivity contribution in [2.75, 3.05) is 13.2 Å². The van der Waals surface area contributed by atoms with Crippen LogP contribution in [-0.4, -0.2) is 36.5 Å². The number of ether oxygens (including phenoxy) is 3. The SMILES string of the molecule is CC(C)OC(Cc1cccc(OCCCOc2ccc(Cl)c(Cl)c2)c1)C(=O)O. The lowest BCUT2D eigenvalue weighted by Crippen LogP contribution is -2.29. The second-order valence-electron chi connectivity index (χ2n) is 6.49. The number of halogens is 2. The number of carboxylic acids is 1. The third kappa shape index (κ3) is 7.58. The summed E-state index contributed by atoms with van der Waals surface area (Å²) in [6, 6.07) is 12.5. The molecule has 0 saturated carbocycles. The Balaban J connectivity index is 1.79. The standard InChI is InChI=1S/C21H24Cl2O5/c1-14(2)28-20(21(24)25)12-15-5-3-6-16(11-15)26-9-4-10-27-17-7-8-18(22)19(23)13-17/h3,5-8,11,13-14,20H,4,9-10,12H2,1-2H3,(H,24,25). The van der Waals surface area contributed by atoms with Crippen molar-refractivity contribution < 1.29 is 24.1 Å². The van der Waals surface area contributed by atoms with E-state index < -0.39 is 12.1 Å². The summed E-state index contributed by atoms with van der Waals surface area (Å²) in [6.07, 6.45) is -0.0741. The molecule has 1 atom stereocenters. The van der Waals surface area contributed by atoms with E-state index in [9.17, 15) is 9.90 Å². The first-order valence-electron chi connectivity index (χ1n) is 9.03. The van der Waals surface area contributed by atoms with Crippen molar-refractivity contribution in [3.8, 4) is 11.5 Å². The molecule has 0 heterocycles. The molecular formula is C21H24Cl2O5. The van der Waals surface area contributed by atoms with Crippen LogP contribution in [0.3, 0.4) is 0 Å². The number of benzene rings is 2. The fraction of sp³-hybridized carbons (Fsp3) is 0.381. The summed E-state index contributed by atoms with van der Waals surface area (Å²) in [5.41, 5.74) is 0.845. The van der Waals surface area contributed by atoms with Crippen LogP contribution in [0.2, 0.25) is 10.0 Å². The Labute approximate surface area is 175 Å². The molecule has 152 valence electrons. The average molecular weight is 427 g/mol. The smallest absolute Gasteiger partial charge is 0.333 e. The highest BCUT2D eigenvalue weighted by molar-refractivity contribution is 6.42. The minimum Gasteiger partial charge on any atom is -0.493 e. The van der Waals surface area contributed by atoms with Gasteiger partial charge in [0, 0.05) is 18.9 Å². The molecule has 2 aromatic rings. The average Bonchev–Trinajstić information content (AvgIpc) is 2.63. The van der Waals surface area contributed by atoms with Gasteiger partial charge in [0.1, 0.15) is 11.5 Å². The lowest BCUT2D eigenvalue weighted by Gasteiger charge is -2.17. The molecule has 1 N–H and O–H groups in total. The zero-order chi connectivity index (χ0) is 20.5. The molecule has 0 radical (unpaired) electrons. The second-order valence-corrected chi connectivity index (χ2v) is 7.30. The first-order valence-corrected chi connectivity index (χ1v) is 9.78. The van der Waals surface area contributed by atoms with E-state index in [0.29, 0.717) is 41.2 Å². The Bertz CT molecular complexity index is 779. The fourth-order valence-electron chi connectivity index (χ4n) is 2.50. The molecule has 2 aromatic carbocycles. The van der Waals surface area contributed by atoms with E-state index in [2.05, 4.69) is 0 Å². The monoisotopic (exact) mass is 426 g/mol. The van der Waals surface area contributed by atoms with Crippen molar-refractivity contribution in [1.29, 1.82) is 0 Å². The van der Waals surface area contributed by atoms with Gasteiger partial charge in [-0.3, -0.25) is 0 Å². The van der Waals surface area contributed by atoms with E-state index in [1.165, 1.54) is 0 Å². The van der Waals surface area contributed by atoms with Crippen LogP contribution in [0, 0.1) is 0 Å². The predicted octanol–water partition coefficient (Wildman–Crippen LogP) is 5.26. The number of hydrogen-bond acceptors (Lipinski definition) is 4. The quantitative estimate of drug-likeness (QED) is 0.496. The van der Waals surface area contributed by atoms with Crippen molar-refractivity contribution in [1.82, 2.24) is 0 Å². The molecule has 0 bridgehead atoms. The molecule has 5 nitrogen and oxygen atoms in total. The normalized spacial score (nSPS) is 12.0. The summed E-state index contributed by atoms with van der Waals surface area (Å²) in [5, 5.41) is 10.2. The molecule has 0 saturated heterocycles. The fourth-order valence-corrected chi connectivity index (χ4v) is 2.79. The van der Waals surface area contributed by atoms with Crippen LogP contribution in [0.15, 0.2) is 42.5 Å². The number of carbonyl (C=O) groups is 1. The van der Waals surface area contributed by atoms with Gasteiger partial charge in [0.25, 0.3) is 0 Å². The summed E-state index contributed by atoms with van der Waals surface area (Å²) in [5.74, 6) is 0.362. The highest BCUT2D eigenvalue weighted by Gasteiger charge is 2.20. The Hall–Kier alpha value is -1.95. The maximum absolute atomic E-state index is 11.3. The highest BCUT2D eigenvalue weighted by Crippen LogP contribution is 2.26. The van der Waals surface area contributed by atoms with Gasteiger partial charge in [-0.05, 0) is 43.7 Å². The molecular weight excluding hydrogens is 403 g/mol. The summed E-state index contributed by atoms with van der Waals surface area (Å²) >= 11 is 11.8. The second kappa shape index (κ2) is 11.1. The molecule has 0 aromatic heterocycles. The maximum Gasteiger partial charge on any atom is 0.333 e. The van der Waals surface area contributed by atoms with Crippen molar-refractivity contribution in [2.24, 2.45) is 0 Å². The molecule has 0 aliphatic heterocycles. The predicted molar refractivity (Wildman–Crippen MR) is 110 cm³/mol. The summed E-state index contributed by atoms with van der Waals surface area (Å²) < 4.78 is 16.8. The largest absolute Gasteiger partial charge is 0.493 e. The topological polar surface area (TPSA) is 65.0 Å². The molecule has 0 aliphatic rings. The van der Waals surface area contributed by atoms with E-state index in [1.54, 1.807) is 18.2 Å². The van der Waals surface area contributed by atoms with Crippen molar-refractivity contribution in [3.63, 3.8) is 0 Å². The van der Waals surface area contributed by atoms with E-state index in [0.717, 1.165) is 5.56 Å². The van der Waals surface area contributed by atoms with Gasteiger partial charge in [0.05, 0.1) is 29.4 Å². The van der Waals surface area contributed by atoms with Gasteiger partial charge in [0.2, 0.25) is 0 Å². The number of hydrogen-bond donors (Lipinski definition) is 1. The van der Waals surface area contributed by atoms with Gasteiger partial charge in [-0.1, -0.05) is 35.3 Å². The van der Waals surface area contributed by atoms with Crippen LogP contribution >= 0.6 is 23.2 Å². The molecule has 1 unspecified atom stereocenters. The van der Waals surface area contributed by atoms with E-state index >= 15 is 0 Å². The first-order chi connectivity index (χ1) is 13.3. The molecule has 28 heavy (non-hydrogen) atoms. The van der Waals surface area contributed by atoms with Gasteiger partial charge >= 0.3 is 5.97 Å². The Kier molecular flexibility index (Phi) is 8.90. The summed E-state index contributed by atoms with van der Waals surface area (Å²) in [7, 11) is 0. The number of rotatable bonds is 11. The third-order valence-electron chi connectivity index (χ3n) is 3.75.